The summed E-state index contributed by atoms with van der Waals surface area (Å²) < 4.78 is 10.5. The third-order valence-electron chi connectivity index (χ3n) is 4.42. The van der Waals surface area contributed by atoms with Crippen LogP contribution in [0.2, 0.25) is 0 Å². The van der Waals surface area contributed by atoms with E-state index in [9.17, 15) is 9.59 Å². The molecule has 0 spiro atoms. The van der Waals surface area contributed by atoms with E-state index in [0.29, 0.717) is 11.7 Å². The highest BCUT2D eigenvalue weighted by atomic mass is 16.6. The second kappa shape index (κ2) is 10.6. The zero-order valence-corrected chi connectivity index (χ0v) is 18.0. The molecule has 0 unspecified atom stereocenters. The van der Waals surface area contributed by atoms with Crippen molar-refractivity contribution in [3.8, 4) is 5.75 Å². The van der Waals surface area contributed by atoms with Crippen LogP contribution in [0.4, 0.5) is 0 Å². The SMILES string of the molecule is Cc1cc(C)cc(OCC(=O)OCC(=O)N[C@@H](C)c2ccc(CC(C)C)cc2)c1. The van der Waals surface area contributed by atoms with Gasteiger partial charge >= 0.3 is 5.97 Å². The number of amides is 1. The summed E-state index contributed by atoms with van der Waals surface area (Å²) in [5, 5.41) is 2.84. The highest BCUT2D eigenvalue weighted by Gasteiger charge is 2.13. The second-order valence-electron chi connectivity index (χ2n) is 7.90. The van der Waals surface area contributed by atoms with Gasteiger partial charge in [0.25, 0.3) is 5.91 Å². The summed E-state index contributed by atoms with van der Waals surface area (Å²) in [6.07, 6.45) is 1.03. The minimum atomic E-state index is -0.579. The Balaban J connectivity index is 1.74. The average molecular weight is 398 g/mol. The number of carbonyl (C=O) groups excluding carboxylic acids is 2. The smallest absolute Gasteiger partial charge is 0.344 e. The van der Waals surface area contributed by atoms with Crippen molar-refractivity contribution in [3.05, 3.63) is 64.7 Å². The molecule has 156 valence electrons. The lowest BCUT2D eigenvalue weighted by Gasteiger charge is -2.15. The van der Waals surface area contributed by atoms with Gasteiger partial charge < -0.3 is 14.8 Å². The fourth-order valence-corrected chi connectivity index (χ4v) is 3.13. The van der Waals surface area contributed by atoms with Crippen LogP contribution in [-0.2, 0) is 20.7 Å². The first kappa shape index (κ1) is 22.5. The minimum Gasteiger partial charge on any atom is -0.482 e. The van der Waals surface area contributed by atoms with E-state index in [1.54, 1.807) is 0 Å². The number of esters is 1. The normalized spacial score (nSPS) is 11.8. The maximum atomic E-state index is 12.1. The van der Waals surface area contributed by atoms with Gasteiger partial charge in [-0.15, -0.1) is 0 Å². The molecule has 0 saturated carbocycles. The third kappa shape index (κ3) is 7.98. The van der Waals surface area contributed by atoms with E-state index in [2.05, 4.69) is 31.3 Å². The molecule has 2 rings (SSSR count). The van der Waals surface area contributed by atoms with Gasteiger partial charge in [0.05, 0.1) is 6.04 Å². The standard InChI is InChI=1S/C24H31NO4/c1-16(2)10-20-6-8-21(9-7-20)19(5)25-23(26)14-29-24(27)15-28-22-12-17(3)11-18(4)13-22/h6-9,11-13,16,19H,10,14-15H2,1-5H3,(H,25,26)/t19-/m0/s1. The van der Waals surface area contributed by atoms with Crippen LogP contribution in [0.5, 0.6) is 5.75 Å². The molecule has 5 nitrogen and oxygen atoms in total. The number of ether oxygens (including phenoxy) is 2. The topological polar surface area (TPSA) is 64.6 Å². The molecule has 0 radical (unpaired) electrons. The highest BCUT2D eigenvalue weighted by Crippen LogP contribution is 2.17. The van der Waals surface area contributed by atoms with E-state index >= 15 is 0 Å². The Morgan fingerprint density at radius 1 is 0.931 bits per heavy atom. The van der Waals surface area contributed by atoms with E-state index in [-0.39, 0.29) is 25.2 Å². The molecule has 2 aromatic carbocycles. The maximum Gasteiger partial charge on any atom is 0.344 e. The maximum absolute atomic E-state index is 12.1. The van der Waals surface area contributed by atoms with Crippen molar-refractivity contribution < 1.29 is 19.1 Å². The Morgan fingerprint density at radius 3 is 2.14 bits per heavy atom. The largest absolute Gasteiger partial charge is 0.482 e. The van der Waals surface area contributed by atoms with Gasteiger partial charge in [-0.1, -0.05) is 44.2 Å². The molecular weight excluding hydrogens is 366 g/mol. The van der Waals surface area contributed by atoms with Gasteiger partial charge in [0, 0.05) is 0 Å². The summed E-state index contributed by atoms with van der Waals surface area (Å²) in [5.41, 5.74) is 4.40. The van der Waals surface area contributed by atoms with E-state index in [4.69, 9.17) is 9.47 Å². The number of rotatable bonds is 9. The molecule has 1 amide bonds. The lowest BCUT2D eigenvalue weighted by Crippen LogP contribution is -2.32. The number of hydrogen-bond donors (Lipinski definition) is 1. The van der Waals surface area contributed by atoms with E-state index < -0.39 is 5.97 Å². The molecule has 0 aliphatic carbocycles. The van der Waals surface area contributed by atoms with Crippen LogP contribution in [-0.4, -0.2) is 25.1 Å². The molecule has 0 saturated heterocycles. The molecule has 0 heterocycles. The molecule has 29 heavy (non-hydrogen) atoms. The number of nitrogens with one attached hydrogen (secondary N) is 1. The van der Waals surface area contributed by atoms with E-state index in [0.717, 1.165) is 23.1 Å². The minimum absolute atomic E-state index is 0.166. The van der Waals surface area contributed by atoms with Gasteiger partial charge in [0.15, 0.2) is 13.2 Å². The van der Waals surface area contributed by atoms with Crippen LogP contribution in [0, 0.1) is 19.8 Å². The lowest BCUT2D eigenvalue weighted by molar-refractivity contribution is -0.150. The first-order chi connectivity index (χ1) is 13.7. The summed E-state index contributed by atoms with van der Waals surface area (Å²) in [7, 11) is 0. The van der Waals surface area contributed by atoms with Gasteiger partial charge in [-0.05, 0) is 67.5 Å². The van der Waals surface area contributed by atoms with Crippen molar-refractivity contribution in [2.24, 2.45) is 5.92 Å². The van der Waals surface area contributed by atoms with Gasteiger partial charge in [-0.3, -0.25) is 4.79 Å². The quantitative estimate of drug-likeness (QED) is 0.641. The molecule has 0 fully saturated rings. The Kier molecular flexibility index (Phi) is 8.25. The number of aryl methyl sites for hydroxylation is 2. The van der Waals surface area contributed by atoms with Crippen molar-refractivity contribution in [3.63, 3.8) is 0 Å². The zero-order chi connectivity index (χ0) is 21.4. The summed E-state index contributed by atoms with van der Waals surface area (Å²) in [4.78, 5) is 23.9. The first-order valence-corrected chi connectivity index (χ1v) is 9.98. The highest BCUT2D eigenvalue weighted by molar-refractivity contribution is 5.81. The Morgan fingerprint density at radius 2 is 1.55 bits per heavy atom. The predicted octanol–water partition coefficient (Wildman–Crippen LogP) is 4.30. The average Bonchev–Trinajstić information content (AvgIpc) is 2.64. The molecular formula is C24H31NO4. The molecule has 0 aromatic heterocycles. The molecule has 2 aromatic rings. The summed E-state index contributed by atoms with van der Waals surface area (Å²) in [6, 6.07) is 13.8. The van der Waals surface area contributed by atoms with Gasteiger partial charge in [0.2, 0.25) is 0 Å². The predicted molar refractivity (Wildman–Crippen MR) is 114 cm³/mol. The van der Waals surface area contributed by atoms with E-state index in [1.165, 1.54) is 5.56 Å². The summed E-state index contributed by atoms with van der Waals surface area (Å²) in [5.74, 6) is 0.290. The molecule has 0 bridgehead atoms. The summed E-state index contributed by atoms with van der Waals surface area (Å²) >= 11 is 0. The first-order valence-electron chi connectivity index (χ1n) is 9.98. The van der Waals surface area contributed by atoms with Gasteiger partial charge in [-0.25, -0.2) is 4.79 Å². The van der Waals surface area contributed by atoms with Crippen molar-refractivity contribution >= 4 is 11.9 Å². The van der Waals surface area contributed by atoms with Gasteiger partial charge in [0.1, 0.15) is 5.75 Å². The van der Waals surface area contributed by atoms with E-state index in [1.807, 2.05) is 51.1 Å². The van der Waals surface area contributed by atoms with Crippen molar-refractivity contribution in [1.29, 1.82) is 0 Å². The van der Waals surface area contributed by atoms with Crippen molar-refractivity contribution in [2.75, 3.05) is 13.2 Å². The number of hydrogen-bond acceptors (Lipinski definition) is 4. The Bertz CT molecular complexity index is 807. The van der Waals surface area contributed by atoms with Crippen LogP contribution >= 0.6 is 0 Å². The molecule has 1 atom stereocenters. The molecule has 1 N–H and O–H groups in total. The zero-order valence-electron chi connectivity index (χ0n) is 18.0. The van der Waals surface area contributed by atoms with Crippen LogP contribution in [0.3, 0.4) is 0 Å². The van der Waals surface area contributed by atoms with Crippen LogP contribution in [0.1, 0.15) is 49.1 Å². The van der Waals surface area contributed by atoms with Crippen molar-refractivity contribution in [2.45, 2.75) is 47.1 Å². The second-order valence-corrected chi connectivity index (χ2v) is 7.90. The Labute approximate surface area is 173 Å². The van der Waals surface area contributed by atoms with Crippen LogP contribution in [0.15, 0.2) is 42.5 Å². The molecule has 0 aliphatic heterocycles. The lowest BCUT2D eigenvalue weighted by atomic mass is 10.00. The number of carbonyl (C=O) groups is 2. The van der Waals surface area contributed by atoms with Crippen molar-refractivity contribution in [1.82, 2.24) is 5.32 Å². The number of benzene rings is 2. The van der Waals surface area contributed by atoms with Gasteiger partial charge in [-0.2, -0.15) is 0 Å². The van der Waals surface area contributed by atoms with Crippen LogP contribution in [0.25, 0.3) is 0 Å². The molecule has 0 aliphatic rings. The summed E-state index contributed by atoms with van der Waals surface area (Å²) in [6.45, 7) is 9.63. The monoisotopic (exact) mass is 397 g/mol. The Hall–Kier alpha value is -2.82. The fourth-order valence-electron chi connectivity index (χ4n) is 3.13. The molecule has 5 heteroatoms. The third-order valence-corrected chi connectivity index (χ3v) is 4.42. The fraction of sp³-hybridized carbons (Fsp3) is 0.417. The van der Waals surface area contributed by atoms with Crippen LogP contribution < -0.4 is 10.1 Å².